The van der Waals surface area contributed by atoms with Crippen LogP contribution < -0.4 is 0 Å². The van der Waals surface area contributed by atoms with Crippen LogP contribution in [0.5, 0.6) is 0 Å². The van der Waals surface area contributed by atoms with Crippen LogP contribution in [0.4, 0.5) is 0 Å². The second-order valence-corrected chi connectivity index (χ2v) is 4.62. The van der Waals surface area contributed by atoms with Crippen LogP contribution >= 0.6 is 0 Å². The molecule has 0 aromatic heterocycles. The molecule has 1 saturated heterocycles. The molecule has 0 atom stereocenters. The van der Waals surface area contributed by atoms with Gasteiger partial charge in [0.1, 0.15) is 6.61 Å². The first-order valence-electron chi connectivity index (χ1n) is 6.37. The third kappa shape index (κ3) is 3.58. The molecule has 2 rings (SSSR count). The first-order chi connectivity index (χ1) is 8.79. The molecule has 3 heteroatoms. The maximum Gasteiger partial charge on any atom is 0.104 e. The molecule has 0 amide bonds. The van der Waals surface area contributed by atoms with Gasteiger partial charge in [0, 0.05) is 25.2 Å². The number of likely N-dealkylation sites (tertiary alicyclic amines) is 1. The molecule has 0 saturated carbocycles. The Hall–Kier alpha value is -1.34. The highest BCUT2D eigenvalue weighted by Gasteiger charge is 2.17. The van der Waals surface area contributed by atoms with Crippen LogP contribution in [0.1, 0.15) is 24.0 Å². The molecule has 0 spiro atoms. The summed E-state index contributed by atoms with van der Waals surface area (Å²) in [6, 6.07) is 8.03. The van der Waals surface area contributed by atoms with Crippen LogP contribution in [0.3, 0.4) is 0 Å². The number of hydrogen-bond acceptors (Lipinski definition) is 3. The fraction of sp³-hybridized carbons (Fsp3) is 0.467. The third-order valence-corrected chi connectivity index (χ3v) is 3.27. The van der Waals surface area contributed by atoms with Crippen molar-refractivity contribution in [2.75, 3.05) is 19.7 Å². The molecule has 0 bridgehead atoms. The van der Waals surface area contributed by atoms with E-state index in [9.17, 15) is 5.11 Å². The summed E-state index contributed by atoms with van der Waals surface area (Å²) in [6.07, 6.45) is 1.57. The lowest BCUT2D eigenvalue weighted by atomic mass is 10.0. The highest BCUT2D eigenvalue weighted by atomic mass is 16.3. The van der Waals surface area contributed by atoms with Crippen molar-refractivity contribution in [3.63, 3.8) is 0 Å². The van der Waals surface area contributed by atoms with E-state index in [1.165, 1.54) is 5.56 Å². The molecule has 1 heterocycles. The number of aliphatic hydroxyl groups is 2. The number of rotatable bonds is 2. The van der Waals surface area contributed by atoms with Crippen molar-refractivity contribution in [2.24, 2.45) is 0 Å². The lowest BCUT2D eigenvalue weighted by Crippen LogP contribution is -2.35. The van der Waals surface area contributed by atoms with Gasteiger partial charge in [-0.3, -0.25) is 4.90 Å². The average molecular weight is 245 g/mol. The van der Waals surface area contributed by atoms with Gasteiger partial charge < -0.3 is 10.2 Å². The summed E-state index contributed by atoms with van der Waals surface area (Å²) in [5.41, 5.74) is 2.17. The number of aliphatic hydroxyl groups excluding tert-OH is 2. The van der Waals surface area contributed by atoms with Crippen molar-refractivity contribution in [3.8, 4) is 11.8 Å². The highest BCUT2D eigenvalue weighted by molar-refractivity contribution is 5.41. The van der Waals surface area contributed by atoms with E-state index in [1.807, 2.05) is 18.2 Å². The van der Waals surface area contributed by atoms with Crippen molar-refractivity contribution in [1.29, 1.82) is 0 Å². The minimum atomic E-state index is -0.134. The molecule has 0 radical (unpaired) electrons. The smallest absolute Gasteiger partial charge is 0.104 e. The summed E-state index contributed by atoms with van der Waals surface area (Å²) < 4.78 is 0. The molecule has 2 N–H and O–H groups in total. The monoisotopic (exact) mass is 245 g/mol. The molecule has 1 aromatic rings. The van der Waals surface area contributed by atoms with Crippen LogP contribution in [0.2, 0.25) is 0 Å². The third-order valence-electron chi connectivity index (χ3n) is 3.27. The zero-order chi connectivity index (χ0) is 12.8. The Balaban J connectivity index is 2.04. The van der Waals surface area contributed by atoms with Gasteiger partial charge in [-0.2, -0.15) is 0 Å². The maximum absolute atomic E-state index is 9.49. The Morgan fingerprint density at radius 2 is 1.94 bits per heavy atom. The molecule has 1 aliphatic heterocycles. The predicted molar refractivity (Wildman–Crippen MR) is 70.9 cm³/mol. The van der Waals surface area contributed by atoms with Gasteiger partial charge in [-0.05, 0) is 24.5 Å². The molecule has 1 fully saturated rings. The van der Waals surface area contributed by atoms with E-state index in [0.29, 0.717) is 0 Å². The van der Waals surface area contributed by atoms with Crippen molar-refractivity contribution >= 4 is 0 Å². The minimum Gasteiger partial charge on any atom is -0.393 e. The molecule has 96 valence electrons. The average Bonchev–Trinajstić information content (AvgIpc) is 2.40. The first kappa shape index (κ1) is 13.1. The normalized spacial score (nSPS) is 17.2. The molecule has 0 unspecified atom stereocenters. The fourth-order valence-electron chi connectivity index (χ4n) is 2.23. The molecule has 1 aromatic carbocycles. The maximum atomic E-state index is 9.49. The Labute approximate surface area is 108 Å². The van der Waals surface area contributed by atoms with Crippen LogP contribution in [0, 0.1) is 11.8 Å². The first-order valence-corrected chi connectivity index (χ1v) is 6.37. The van der Waals surface area contributed by atoms with E-state index in [4.69, 9.17) is 5.11 Å². The molecule has 0 aliphatic carbocycles. The van der Waals surface area contributed by atoms with Crippen LogP contribution in [-0.2, 0) is 6.54 Å². The molecule has 1 aliphatic rings. The quantitative estimate of drug-likeness (QED) is 0.764. The summed E-state index contributed by atoms with van der Waals surface area (Å²) in [6.45, 7) is 2.62. The molecular weight excluding hydrogens is 226 g/mol. The number of piperidine rings is 1. The minimum absolute atomic E-state index is 0.107. The molecule has 3 nitrogen and oxygen atoms in total. The second kappa shape index (κ2) is 6.55. The van der Waals surface area contributed by atoms with Gasteiger partial charge in [-0.1, -0.05) is 30.0 Å². The van der Waals surface area contributed by atoms with Crippen molar-refractivity contribution in [1.82, 2.24) is 4.90 Å². The van der Waals surface area contributed by atoms with E-state index in [0.717, 1.165) is 38.0 Å². The summed E-state index contributed by atoms with van der Waals surface area (Å²) in [5, 5.41) is 18.2. The molecular formula is C15H19NO2. The van der Waals surface area contributed by atoms with E-state index in [-0.39, 0.29) is 12.7 Å². The highest BCUT2D eigenvalue weighted by Crippen LogP contribution is 2.15. The Bertz CT molecular complexity index is 439. The number of nitrogens with zero attached hydrogens (tertiary/aromatic N) is 1. The van der Waals surface area contributed by atoms with Gasteiger partial charge in [0.05, 0.1) is 6.10 Å². The second-order valence-electron chi connectivity index (χ2n) is 4.62. The van der Waals surface area contributed by atoms with Crippen LogP contribution in [0.25, 0.3) is 0 Å². The Morgan fingerprint density at radius 3 is 2.67 bits per heavy atom. The van der Waals surface area contributed by atoms with E-state index in [1.54, 1.807) is 0 Å². The largest absolute Gasteiger partial charge is 0.393 e. The van der Waals surface area contributed by atoms with Gasteiger partial charge in [0.15, 0.2) is 0 Å². The van der Waals surface area contributed by atoms with Gasteiger partial charge >= 0.3 is 0 Å². The summed E-state index contributed by atoms with van der Waals surface area (Å²) in [4.78, 5) is 2.34. The number of benzene rings is 1. The van der Waals surface area contributed by atoms with Gasteiger partial charge in [0.25, 0.3) is 0 Å². The molecule has 18 heavy (non-hydrogen) atoms. The Morgan fingerprint density at radius 1 is 1.22 bits per heavy atom. The van der Waals surface area contributed by atoms with Crippen LogP contribution in [0.15, 0.2) is 24.3 Å². The summed E-state index contributed by atoms with van der Waals surface area (Å²) in [7, 11) is 0. The lowest BCUT2D eigenvalue weighted by molar-refractivity contribution is 0.0792. The van der Waals surface area contributed by atoms with Crippen molar-refractivity contribution in [2.45, 2.75) is 25.5 Å². The fourth-order valence-corrected chi connectivity index (χ4v) is 2.23. The van der Waals surface area contributed by atoms with Gasteiger partial charge in [-0.15, -0.1) is 0 Å². The SMILES string of the molecule is OCC#Cc1ccccc1CN1CCC(O)CC1. The van der Waals surface area contributed by atoms with Gasteiger partial charge in [0.2, 0.25) is 0 Å². The number of hydrogen-bond donors (Lipinski definition) is 2. The Kier molecular flexibility index (Phi) is 4.77. The predicted octanol–water partition coefficient (Wildman–Crippen LogP) is 0.987. The van der Waals surface area contributed by atoms with Crippen LogP contribution in [-0.4, -0.2) is 40.9 Å². The van der Waals surface area contributed by atoms with E-state index >= 15 is 0 Å². The summed E-state index contributed by atoms with van der Waals surface area (Å²) >= 11 is 0. The zero-order valence-electron chi connectivity index (χ0n) is 10.5. The van der Waals surface area contributed by atoms with E-state index in [2.05, 4.69) is 22.8 Å². The van der Waals surface area contributed by atoms with Gasteiger partial charge in [-0.25, -0.2) is 0 Å². The topological polar surface area (TPSA) is 43.7 Å². The standard InChI is InChI=1S/C15H19NO2/c17-11-3-6-13-4-1-2-5-14(13)12-16-9-7-15(18)8-10-16/h1-2,4-5,15,17-18H,7-12H2. The van der Waals surface area contributed by atoms with Crippen molar-refractivity contribution < 1.29 is 10.2 Å². The van der Waals surface area contributed by atoms with Crippen molar-refractivity contribution in [3.05, 3.63) is 35.4 Å². The lowest BCUT2D eigenvalue weighted by Gasteiger charge is -2.29. The zero-order valence-corrected chi connectivity index (χ0v) is 10.5. The van der Waals surface area contributed by atoms with E-state index < -0.39 is 0 Å². The summed E-state index contributed by atoms with van der Waals surface area (Å²) in [5.74, 6) is 5.68.